The fourth-order valence-corrected chi connectivity index (χ4v) is 7.73. The number of hydrogen-bond donors (Lipinski definition) is 2. The van der Waals surface area contributed by atoms with E-state index in [0.29, 0.717) is 52.5 Å². The summed E-state index contributed by atoms with van der Waals surface area (Å²) in [5.41, 5.74) is 6.37. The van der Waals surface area contributed by atoms with Gasteiger partial charge in [-0.3, -0.25) is 14.7 Å². The fourth-order valence-electron chi connectivity index (χ4n) is 7.28. The normalized spacial score (nSPS) is 15.8. The highest BCUT2D eigenvalue weighted by molar-refractivity contribution is 6.36. The SMILES string of the molecule is CCC(=O)N1Cc2cccc([C@H](Nc3cc(Cl)c4ncc(C#N)c(Nc5ccc(F)c(Cl)c5)c4c3)c3cn(C4CCN(C(C)(C)C)CC4)nn3)c2C1. The van der Waals surface area contributed by atoms with Gasteiger partial charge in [0.15, 0.2) is 0 Å². The van der Waals surface area contributed by atoms with Crippen LogP contribution in [-0.2, 0) is 17.9 Å². The minimum absolute atomic E-state index is 0.0486. The number of benzene rings is 3. The summed E-state index contributed by atoms with van der Waals surface area (Å²) in [6.45, 7) is 11.6. The minimum Gasteiger partial charge on any atom is -0.373 e. The first-order valence-electron chi connectivity index (χ1n) is 17.5. The maximum atomic E-state index is 14.0. The van der Waals surface area contributed by atoms with Crippen molar-refractivity contribution in [2.75, 3.05) is 23.7 Å². The molecular formula is C39H40Cl2FN9O. The first-order chi connectivity index (χ1) is 24.9. The van der Waals surface area contributed by atoms with Crippen molar-refractivity contribution in [3.8, 4) is 6.07 Å². The Bertz CT molecular complexity index is 2200. The molecule has 0 aliphatic carbocycles. The summed E-state index contributed by atoms with van der Waals surface area (Å²) in [6.07, 6.45) is 5.86. The van der Waals surface area contributed by atoms with Gasteiger partial charge in [-0.2, -0.15) is 5.26 Å². The Balaban J connectivity index is 1.29. The summed E-state index contributed by atoms with van der Waals surface area (Å²) >= 11 is 13.0. The summed E-state index contributed by atoms with van der Waals surface area (Å²) in [6, 6.07) is 16.1. The average Bonchev–Trinajstić information content (AvgIpc) is 3.80. The molecule has 268 valence electrons. The largest absolute Gasteiger partial charge is 0.373 e. The van der Waals surface area contributed by atoms with Crippen molar-refractivity contribution >= 4 is 57.1 Å². The highest BCUT2D eigenvalue weighted by atomic mass is 35.5. The number of rotatable bonds is 8. The van der Waals surface area contributed by atoms with E-state index in [0.717, 1.165) is 48.3 Å². The van der Waals surface area contributed by atoms with E-state index in [9.17, 15) is 14.4 Å². The summed E-state index contributed by atoms with van der Waals surface area (Å²) in [4.78, 5) is 21.7. The van der Waals surface area contributed by atoms with Crippen LogP contribution in [0.25, 0.3) is 10.9 Å². The van der Waals surface area contributed by atoms with E-state index in [4.69, 9.17) is 28.3 Å². The maximum absolute atomic E-state index is 14.0. The number of aromatic nitrogens is 4. The monoisotopic (exact) mass is 739 g/mol. The molecule has 4 heterocycles. The fraction of sp³-hybridized carbons (Fsp3) is 0.359. The smallest absolute Gasteiger partial charge is 0.222 e. The third-order valence-electron chi connectivity index (χ3n) is 10.1. The first kappa shape index (κ1) is 35.6. The molecule has 0 saturated carbocycles. The van der Waals surface area contributed by atoms with E-state index in [1.165, 1.54) is 18.3 Å². The molecular weight excluding hydrogens is 700 g/mol. The van der Waals surface area contributed by atoms with Crippen molar-refractivity contribution in [1.29, 1.82) is 5.26 Å². The predicted molar refractivity (Wildman–Crippen MR) is 202 cm³/mol. The van der Waals surface area contributed by atoms with Gasteiger partial charge in [0.1, 0.15) is 17.6 Å². The van der Waals surface area contributed by atoms with Crippen molar-refractivity contribution in [1.82, 2.24) is 29.8 Å². The lowest BCUT2D eigenvalue weighted by molar-refractivity contribution is -0.131. The van der Waals surface area contributed by atoms with Gasteiger partial charge in [0.25, 0.3) is 0 Å². The average molecular weight is 741 g/mol. The molecule has 1 atom stereocenters. The number of fused-ring (bicyclic) bond motifs is 2. The van der Waals surface area contributed by atoms with Gasteiger partial charge in [-0.1, -0.05) is 53.5 Å². The number of carbonyl (C=O) groups excluding carboxylic acids is 1. The molecule has 5 aromatic rings. The number of likely N-dealkylation sites (tertiary alicyclic amines) is 1. The molecule has 2 aliphatic heterocycles. The molecule has 0 radical (unpaired) electrons. The van der Waals surface area contributed by atoms with Crippen LogP contribution in [0.4, 0.5) is 21.5 Å². The second-order valence-corrected chi connectivity index (χ2v) is 15.3. The molecule has 1 saturated heterocycles. The molecule has 3 aromatic carbocycles. The zero-order chi connectivity index (χ0) is 36.7. The molecule has 13 heteroatoms. The molecule has 7 rings (SSSR count). The Morgan fingerprint density at radius 2 is 1.85 bits per heavy atom. The van der Waals surface area contributed by atoms with Gasteiger partial charge in [-0.05, 0) is 80.6 Å². The van der Waals surface area contributed by atoms with E-state index in [1.54, 1.807) is 12.1 Å². The number of pyridine rings is 1. The molecule has 1 fully saturated rings. The summed E-state index contributed by atoms with van der Waals surface area (Å²) in [5, 5.41) is 27.3. The van der Waals surface area contributed by atoms with Crippen molar-refractivity contribution in [2.45, 2.75) is 77.7 Å². The van der Waals surface area contributed by atoms with Crippen LogP contribution in [0.3, 0.4) is 0 Å². The lowest BCUT2D eigenvalue weighted by atomic mass is 9.95. The standard InChI is InChI=1S/C39H40Cl2FN9O/c1-5-35(52)49-20-23-7-6-8-28(30(23)21-49)38(34-22-51(48-47-34)27-11-13-50(14-12-27)39(2,3)4)46-26-15-29-36(45-25-9-10-33(42)31(40)16-25)24(18-43)19-44-37(29)32(41)17-26/h6-10,15-17,19,22,27,38,46H,5,11-14,20-21H2,1-4H3,(H,44,45)/t38-/m0/s1. The molecule has 0 bridgehead atoms. The molecule has 0 unspecified atom stereocenters. The van der Waals surface area contributed by atoms with Crippen LogP contribution in [-0.4, -0.2) is 54.3 Å². The van der Waals surface area contributed by atoms with Crippen molar-refractivity contribution in [3.05, 3.63) is 105 Å². The van der Waals surface area contributed by atoms with Crippen molar-refractivity contribution < 1.29 is 9.18 Å². The van der Waals surface area contributed by atoms with Gasteiger partial charge < -0.3 is 15.5 Å². The van der Waals surface area contributed by atoms with E-state index < -0.39 is 11.9 Å². The summed E-state index contributed by atoms with van der Waals surface area (Å²) in [7, 11) is 0. The minimum atomic E-state index is -0.547. The predicted octanol–water partition coefficient (Wildman–Crippen LogP) is 8.78. The number of anilines is 3. The summed E-state index contributed by atoms with van der Waals surface area (Å²) in [5.74, 6) is -0.446. The molecule has 52 heavy (non-hydrogen) atoms. The number of nitrogens with zero attached hydrogens (tertiary/aromatic N) is 7. The highest BCUT2D eigenvalue weighted by Gasteiger charge is 2.32. The van der Waals surface area contributed by atoms with E-state index >= 15 is 0 Å². The lowest BCUT2D eigenvalue weighted by Crippen LogP contribution is -2.46. The molecule has 0 spiro atoms. The second kappa shape index (κ2) is 14.3. The van der Waals surface area contributed by atoms with Gasteiger partial charge in [0.05, 0.1) is 45.1 Å². The van der Waals surface area contributed by atoms with Gasteiger partial charge in [-0.15, -0.1) is 5.10 Å². The maximum Gasteiger partial charge on any atom is 0.222 e. The molecule has 1 amide bonds. The van der Waals surface area contributed by atoms with Crippen molar-refractivity contribution in [3.63, 3.8) is 0 Å². The number of hydrogen-bond acceptors (Lipinski definition) is 8. The number of nitriles is 1. The van der Waals surface area contributed by atoms with Gasteiger partial charge in [0, 0.05) is 61.1 Å². The van der Waals surface area contributed by atoms with Crippen LogP contribution in [0, 0.1) is 17.1 Å². The number of amides is 1. The zero-order valence-electron chi connectivity index (χ0n) is 29.6. The van der Waals surface area contributed by atoms with Crippen molar-refractivity contribution in [2.24, 2.45) is 0 Å². The van der Waals surface area contributed by atoms with Crippen LogP contribution in [0.15, 0.2) is 60.9 Å². The van der Waals surface area contributed by atoms with Crippen LogP contribution in [0.5, 0.6) is 0 Å². The Kier molecular flexibility index (Phi) is 9.83. The third-order valence-corrected chi connectivity index (χ3v) is 10.7. The molecule has 10 nitrogen and oxygen atoms in total. The van der Waals surface area contributed by atoms with Gasteiger partial charge in [0.2, 0.25) is 5.91 Å². The first-order valence-corrected chi connectivity index (χ1v) is 18.2. The van der Waals surface area contributed by atoms with E-state index in [2.05, 4.69) is 64.7 Å². The Morgan fingerprint density at radius 3 is 2.56 bits per heavy atom. The third kappa shape index (κ3) is 7.03. The Hall–Kier alpha value is -4.76. The summed E-state index contributed by atoms with van der Waals surface area (Å²) < 4.78 is 16.0. The van der Waals surface area contributed by atoms with Gasteiger partial charge >= 0.3 is 0 Å². The lowest BCUT2D eigenvalue weighted by Gasteiger charge is -2.40. The van der Waals surface area contributed by atoms with Gasteiger partial charge in [-0.25, -0.2) is 9.07 Å². The number of carbonyl (C=O) groups is 1. The molecule has 2 aromatic heterocycles. The Labute approximate surface area is 312 Å². The van der Waals surface area contributed by atoms with Crippen LogP contribution >= 0.6 is 23.2 Å². The second-order valence-electron chi connectivity index (χ2n) is 14.4. The Morgan fingerprint density at radius 1 is 1.08 bits per heavy atom. The van der Waals surface area contributed by atoms with Crippen LogP contribution in [0.1, 0.15) is 87.0 Å². The quantitative estimate of drug-likeness (QED) is 0.162. The zero-order valence-corrected chi connectivity index (χ0v) is 31.1. The number of halogens is 3. The highest BCUT2D eigenvalue weighted by Crippen LogP contribution is 2.39. The number of nitrogens with one attached hydrogen (secondary N) is 2. The number of piperidine rings is 1. The van der Waals surface area contributed by atoms with Crippen LogP contribution in [0.2, 0.25) is 10.0 Å². The molecule has 2 N–H and O–H groups in total. The van der Waals surface area contributed by atoms with E-state index in [-0.39, 0.29) is 28.1 Å². The van der Waals surface area contributed by atoms with Crippen LogP contribution < -0.4 is 10.6 Å². The topological polar surface area (TPSA) is 115 Å². The molecule has 2 aliphatic rings. The van der Waals surface area contributed by atoms with E-state index in [1.807, 2.05) is 34.8 Å².